The maximum atomic E-state index is 13.3. The SMILES string of the molecule is CCOC(=O)c1ccc(N(Cc2cccnc2)C(=O)c2ccccc2I)cc1. The second-order valence-electron chi connectivity index (χ2n) is 6.00. The van der Waals surface area contributed by atoms with Crippen LogP contribution in [-0.2, 0) is 11.3 Å². The van der Waals surface area contributed by atoms with Gasteiger partial charge in [0.05, 0.1) is 24.3 Å². The van der Waals surface area contributed by atoms with Gasteiger partial charge in [0, 0.05) is 21.7 Å². The minimum Gasteiger partial charge on any atom is -0.462 e. The number of esters is 1. The van der Waals surface area contributed by atoms with Gasteiger partial charge in [0.2, 0.25) is 0 Å². The molecule has 0 saturated carbocycles. The molecule has 5 nitrogen and oxygen atoms in total. The highest BCUT2D eigenvalue weighted by Gasteiger charge is 2.20. The molecule has 0 aliphatic heterocycles. The molecule has 0 bridgehead atoms. The van der Waals surface area contributed by atoms with Gasteiger partial charge in [-0.2, -0.15) is 0 Å². The van der Waals surface area contributed by atoms with Gasteiger partial charge in [-0.25, -0.2) is 4.79 Å². The van der Waals surface area contributed by atoms with Crippen LogP contribution in [0.2, 0.25) is 0 Å². The molecule has 0 aliphatic rings. The minimum atomic E-state index is -0.378. The van der Waals surface area contributed by atoms with Crippen LogP contribution in [0.3, 0.4) is 0 Å². The van der Waals surface area contributed by atoms with Crippen LogP contribution in [0.5, 0.6) is 0 Å². The van der Waals surface area contributed by atoms with Gasteiger partial charge in [0.1, 0.15) is 0 Å². The van der Waals surface area contributed by atoms with Gasteiger partial charge in [-0.05, 0) is 77.5 Å². The number of carbonyl (C=O) groups excluding carboxylic acids is 2. The monoisotopic (exact) mass is 486 g/mol. The molecule has 142 valence electrons. The van der Waals surface area contributed by atoms with E-state index in [4.69, 9.17) is 4.74 Å². The summed E-state index contributed by atoms with van der Waals surface area (Å²) in [6, 6.07) is 18.1. The van der Waals surface area contributed by atoms with Crippen molar-refractivity contribution in [1.82, 2.24) is 4.98 Å². The first-order chi connectivity index (χ1) is 13.6. The molecular formula is C22H19IN2O3. The van der Waals surface area contributed by atoms with Crippen molar-refractivity contribution in [2.24, 2.45) is 0 Å². The van der Waals surface area contributed by atoms with Crippen molar-refractivity contribution in [2.75, 3.05) is 11.5 Å². The van der Waals surface area contributed by atoms with Gasteiger partial charge in [0.15, 0.2) is 0 Å². The molecule has 0 saturated heterocycles. The fourth-order valence-electron chi connectivity index (χ4n) is 2.73. The predicted molar refractivity (Wildman–Crippen MR) is 116 cm³/mol. The Morgan fingerprint density at radius 1 is 1.04 bits per heavy atom. The van der Waals surface area contributed by atoms with Gasteiger partial charge in [0.25, 0.3) is 5.91 Å². The topological polar surface area (TPSA) is 59.5 Å². The molecule has 0 fully saturated rings. The number of pyridine rings is 1. The summed E-state index contributed by atoms with van der Waals surface area (Å²) in [6.07, 6.45) is 3.44. The number of benzene rings is 2. The lowest BCUT2D eigenvalue weighted by Gasteiger charge is -2.24. The summed E-state index contributed by atoms with van der Waals surface area (Å²) in [7, 11) is 0. The molecule has 1 heterocycles. The number of rotatable bonds is 6. The van der Waals surface area contributed by atoms with Gasteiger partial charge >= 0.3 is 5.97 Å². The molecule has 0 atom stereocenters. The Morgan fingerprint density at radius 3 is 2.43 bits per heavy atom. The highest BCUT2D eigenvalue weighted by molar-refractivity contribution is 14.1. The highest BCUT2D eigenvalue weighted by Crippen LogP contribution is 2.23. The molecule has 0 N–H and O–H groups in total. The molecule has 0 radical (unpaired) electrons. The summed E-state index contributed by atoms with van der Waals surface area (Å²) in [5.74, 6) is -0.491. The summed E-state index contributed by atoms with van der Waals surface area (Å²) in [5.41, 5.74) is 2.69. The average Bonchev–Trinajstić information content (AvgIpc) is 2.73. The van der Waals surface area contributed by atoms with Crippen LogP contribution in [0.25, 0.3) is 0 Å². The van der Waals surface area contributed by atoms with Crippen LogP contribution in [0.15, 0.2) is 73.1 Å². The van der Waals surface area contributed by atoms with E-state index in [0.29, 0.717) is 30.0 Å². The minimum absolute atomic E-state index is 0.113. The summed E-state index contributed by atoms with van der Waals surface area (Å²) in [5, 5.41) is 0. The molecule has 0 unspecified atom stereocenters. The fourth-order valence-corrected chi connectivity index (χ4v) is 3.34. The van der Waals surface area contributed by atoms with Crippen LogP contribution < -0.4 is 4.90 Å². The molecule has 1 amide bonds. The van der Waals surface area contributed by atoms with Gasteiger partial charge in [-0.1, -0.05) is 18.2 Å². The smallest absolute Gasteiger partial charge is 0.338 e. The first-order valence-electron chi connectivity index (χ1n) is 8.82. The predicted octanol–water partition coefficient (Wildman–Crippen LogP) is 4.71. The van der Waals surface area contributed by atoms with E-state index in [0.717, 1.165) is 9.13 Å². The molecule has 1 aromatic heterocycles. The van der Waals surface area contributed by atoms with Crippen LogP contribution >= 0.6 is 22.6 Å². The van der Waals surface area contributed by atoms with Crippen molar-refractivity contribution in [1.29, 1.82) is 0 Å². The number of nitrogens with zero attached hydrogens (tertiary/aromatic N) is 2. The zero-order valence-corrected chi connectivity index (χ0v) is 17.5. The molecule has 6 heteroatoms. The molecule has 0 aliphatic carbocycles. The van der Waals surface area contributed by atoms with Gasteiger partial charge < -0.3 is 9.64 Å². The van der Waals surface area contributed by atoms with E-state index in [1.807, 2.05) is 36.4 Å². The van der Waals surface area contributed by atoms with Crippen molar-refractivity contribution in [3.05, 3.63) is 93.3 Å². The molecular weight excluding hydrogens is 467 g/mol. The van der Waals surface area contributed by atoms with E-state index in [9.17, 15) is 9.59 Å². The van der Waals surface area contributed by atoms with E-state index >= 15 is 0 Å². The van der Waals surface area contributed by atoms with Gasteiger partial charge in [-0.3, -0.25) is 9.78 Å². The van der Waals surface area contributed by atoms with Crippen molar-refractivity contribution < 1.29 is 14.3 Å². The fraction of sp³-hybridized carbons (Fsp3) is 0.136. The Morgan fingerprint density at radius 2 is 1.79 bits per heavy atom. The third kappa shape index (κ3) is 4.75. The second-order valence-corrected chi connectivity index (χ2v) is 7.16. The average molecular weight is 486 g/mol. The standard InChI is InChI=1S/C22H19IN2O3/c1-2-28-22(27)17-9-11-18(12-10-17)25(15-16-6-5-13-24-14-16)21(26)19-7-3-4-8-20(19)23/h3-14H,2,15H2,1H3. The van der Waals surface area contributed by atoms with E-state index in [1.54, 1.807) is 48.5 Å². The molecule has 0 spiro atoms. The first kappa shape index (κ1) is 20.0. The molecule has 28 heavy (non-hydrogen) atoms. The molecule has 2 aromatic carbocycles. The zero-order valence-electron chi connectivity index (χ0n) is 15.3. The number of hydrogen-bond donors (Lipinski definition) is 0. The van der Waals surface area contributed by atoms with Crippen molar-refractivity contribution in [3.63, 3.8) is 0 Å². The third-order valence-corrected chi connectivity index (χ3v) is 5.04. The number of hydrogen-bond acceptors (Lipinski definition) is 4. The van der Waals surface area contributed by atoms with Crippen LogP contribution in [0.1, 0.15) is 33.2 Å². The quantitative estimate of drug-likeness (QED) is 0.374. The molecule has 3 rings (SSSR count). The van der Waals surface area contributed by atoms with Crippen LogP contribution in [-0.4, -0.2) is 23.5 Å². The number of carbonyl (C=O) groups is 2. The number of anilines is 1. The van der Waals surface area contributed by atoms with E-state index in [2.05, 4.69) is 27.6 Å². The largest absolute Gasteiger partial charge is 0.462 e. The van der Waals surface area contributed by atoms with Crippen molar-refractivity contribution in [2.45, 2.75) is 13.5 Å². The highest BCUT2D eigenvalue weighted by atomic mass is 127. The van der Waals surface area contributed by atoms with Crippen molar-refractivity contribution in [3.8, 4) is 0 Å². The Hall–Kier alpha value is -2.74. The Balaban J connectivity index is 1.95. The summed E-state index contributed by atoms with van der Waals surface area (Å²) < 4.78 is 5.91. The van der Waals surface area contributed by atoms with E-state index in [1.165, 1.54) is 0 Å². The lowest BCUT2D eigenvalue weighted by molar-refractivity contribution is 0.0526. The Labute approximate surface area is 177 Å². The number of halogens is 1. The zero-order chi connectivity index (χ0) is 19.9. The van der Waals surface area contributed by atoms with Crippen molar-refractivity contribution >= 4 is 40.2 Å². The van der Waals surface area contributed by atoms with E-state index < -0.39 is 0 Å². The molecule has 3 aromatic rings. The van der Waals surface area contributed by atoms with E-state index in [-0.39, 0.29) is 11.9 Å². The van der Waals surface area contributed by atoms with Crippen LogP contribution in [0, 0.1) is 3.57 Å². The number of aromatic nitrogens is 1. The lowest BCUT2D eigenvalue weighted by Crippen LogP contribution is -2.31. The maximum absolute atomic E-state index is 13.3. The maximum Gasteiger partial charge on any atom is 0.338 e. The van der Waals surface area contributed by atoms with Gasteiger partial charge in [-0.15, -0.1) is 0 Å². The normalized spacial score (nSPS) is 10.4. The lowest BCUT2D eigenvalue weighted by atomic mass is 10.1. The Kier molecular flexibility index (Phi) is 6.76. The summed E-state index contributed by atoms with van der Waals surface area (Å²) >= 11 is 2.16. The second kappa shape index (κ2) is 9.45. The first-order valence-corrected chi connectivity index (χ1v) is 9.90. The van der Waals surface area contributed by atoms with Crippen LogP contribution in [0.4, 0.5) is 5.69 Å². The summed E-state index contributed by atoms with van der Waals surface area (Å²) in [4.78, 5) is 31.0. The third-order valence-electron chi connectivity index (χ3n) is 4.10. The Bertz CT molecular complexity index is 959. The summed E-state index contributed by atoms with van der Waals surface area (Å²) in [6.45, 7) is 2.46. The number of amides is 1. The number of ether oxygens (including phenoxy) is 1.